The van der Waals surface area contributed by atoms with Crippen molar-refractivity contribution in [3.8, 4) is 16.9 Å². The minimum Gasteiger partial charge on any atom is -0.354 e. The molecule has 1 atom stereocenters. The third kappa shape index (κ3) is 4.05. The van der Waals surface area contributed by atoms with Crippen molar-refractivity contribution in [2.45, 2.75) is 24.7 Å². The van der Waals surface area contributed by atoms with Gasteiger partial charge in [0.05, 0.1) is 29.3 Å². The molecule has 5 rings (SSSR count). The molecule has 0 saturated carbocycles. The first-order valence-corrected chi connectivity index (χ1v) is 12.2. The Hall–Kier alpha value is -3.73. The molecule has 0 bridgehead atoms. The van der Waals surface area contributed by atoms with Crippen LogP contribution in [0, 0.1) is 17.5 Å². The fraction of sp³-hybridized carbons (Fsp3) is 0.238. The molecule has 0 spiro atoms. The van der Waals surface area contributed by atoms with E-state index >= 15 is 0 Å². The van der Waals surface area contributed by atoms with Gasteiger partial charge < -0.3 is 4.52 Å². The molecule has 38 heavy (non-hydrogen) atoms. The van der Waals surface area contributed by atoms with Crippen molar-refractivity contribution >= 4 is 21.0 Å². The molecule has 8 nitrogen and oxygen atoms in total. The SMILES string of the molecule is CS(=O)(=O)N[C@@H]1Cn2c(cn(-c3noc4cc(C(F)(F)F)cc(-c5c(F)cc(F)cc5F)c34)c2=O)C1(F)F. The van der Waals surface area contributed by atoms with Crippen LogP contribution in [0.25, 0.3) is 27.9 Å². The number of halogens is 8. The van der Waals surface area contributed by atoms with Gasteiger partial charge in [0.2, 0.25) is 10.0 Å². The quantitative estimate of drug-likeness (QED) is 0.377. The average molecular weight is 568 g/mol. The van der Waals surface area contributed by atoms with Gasteiger partial charge in [0, 0.05) is 23.9 Å². The van der Waals surface area contributed by atoms with E-state index in [0.29, 0.717) is 33.7 Å². The summed E-state index contributed by atoms with van der Waals surface area (Å²) in [6.45, 7) is -0.816. The van der Waals surface area contributed by atoms with E-state index < -0.39 is 97.0 Å². The van der Waals surface area contributed by atoms with Crippen molar-refractivity contribution in [2.75, 3.05) is 6.26 Å². The lowest BCUT2D eigenvalue weighted by atomic mass is 9.97. The highest BCUT2D eigenvalue weighted by molar-refractivity contribution is 7.88. The maximum absolute atomic E-state index is 14.9. The third-order valence-electron chi connectivity index (χ3n) is 5.87. The zero-order chi connectivity index (χ0) is 27.9. The van der Waals surface area contributed by atoms with Crippen LogP contribution in [0.1, 0.15) is 11.3 Å². The number of hydrogen-bond donors (Lipinski definition) is 1. The van der Waals surface area contributed by atoms with Crippen LogP contribution < -0.4 is 10.4 Å². The van der Waals surface area contributed by atoms with Crippen LogP contribution in [0.4, 0.5) is 35.1 Å². The van der Waals surface area contributed by atoms with Crippen molar-refractivity contribution in [1.29, 1.82) is 0 Å². The molecular weight excluding hydrogens is 556 g/mol. The number of fused-ring (bicyclic) bond motifs is 2. The van der Waals surface area contributed by atoms with Gasteiger partial charge in [-0.15, -0.1) is 0 Å². The van der Waals surface area contributed by atoms with Crippen LogP contribution in [0.2, 0.25) is 0 Å². The Morgan fingerprint density at radius 1 is 1.11 bits per heavy atom. The zero-order valence-electron chi connectivity index (χ0n) is 18.6. The molecule has 202 valence electrons. The molecule has 1 aliphatic heterocycles. The third-order valence-corrected chi connectivity index (χ3v) is 6.58. The standard InChI is InChI=1S/C21H12F8N4O4S/c1-38(35,36)31-14-6-32-15(20(14,25)26)7-33(19(32)34)18-17-10(16-11(23)4-9(22)5-12(16)24)2-8(21(27,28)29)3-13(17)37-30-18/h2-5,7,14,31H,6H2,1H3/t14-/m1/s1. The number of imidazole rings is 1. The van der Waals surface area contributed by atoms with Crippen molar-refractivity contribution in [1.82, 2.24) is 19.0 Å². The van der Waals surface area contributed by atoms with Gasteiger partial charge in [-0.2, -0.15) is 22.0 Å². The summed E-state index contributed by atoms with van der Waals surface area (Å²) in [4.78, 5) is 13.0. The van der Waals surface area contributed by atoms with Gasteiger partial charge in [-0.25, -0.2) is 35.7 Å². The topological polar surface area (TPSA) is 99.1 Å². The fourth-order valence-electron chi connectivity index (χ4n) is 4.30. The largest absolute Gasteiger partial charge is 0.416 e. The van der Waals surface area contributed by atoms with E-state index in [1.54, 1.807) is 4.72 Å². The van der Waals surface area contributed by atoms with Crippen LogP contribution >= 0.6 is 0 Å². The maximum atomic E-state index is 14.9. The summed E-state index contributed by atoms with van der Waals surface area (Å²) in [5, 5.41) is 2.92. The molecule has 1 aliphatic rings. The number of nitrogens with one attached hydrogen (secondary N) is 1. The predicted molar refractivity (Wildman–Crippen MR) is 114 cm³/mol. The second kappa shape index (κ2) is 8.13. The first-order chi connectivity index (χ1) is 17.5. The fourth-order valence-corrected chi connectivity index (χ4v) is 5.04. The summed E-state index contributed by atoms with van der Waals surface area (Å²) in [6, 6.07) is -0.850. The van der Waals surface area contributed by atoms with Crippen molar-refractivity contribution < 1.29 is 48.1 Å². The van der Waals surface area contributed by atoms with E-state index in [9.17, 15) is 48.3 Å². The lowest BCUT2D eigenvalue weighted by molar-refractivity contribution is -0.137. The van der Waals surface area contributed by atoms with Crippen LogP contribution in [0.15, 0.2) is 39.8 Å². The number of nitrogens with zero attached hydrogens (tertiary/aromatic N) is 3. The van der Waals surface area contributed by atoms with Crippen LogP contribution in [0.5, 0.6) is 0 Å². The molecule has 1 N–H and O–H groups in total. The second-order valence-electron chi connectivity index (χ2n) is 8.49. The van der Waals surface area contributed by atoms with Crippen LogP contribution in [-0.2, 0) is 28.7 Å². The highest BCUT2D eigenvalue weighted by Crippen LogP contribution is 2.42. The molecule has 0 fully saturated rings. The summed E-state index contributed by atoms with van der Waals surface area (Å²) in [7, 11) is -4.10. The lowest BCUT2D eigenvalue weighted by Crippen LogP contribution is -2.44. The molecule has 0 aliphatic carbocycles. The van der Waals surface area contributed by atoms with E-state index in [1.807, 2.05) is 0 Å². The Bertz CT molecular complexity index is 1770. The van der Waals surface area contributed by atoms with Gasteiger partial charge in [0.1, 0.15) is 29.2 Å². The molecule has 4 aromatic rings. The average Bonchev–Trinajstić information content (AvgIpc) is 3.39. The highest BCUT2D eigenvalue weighted by Gasteiger charge is 2.52. The molecule has 0 radical (unpaired) electrons. The van der Waals surface area contributed by atoms with Gasteiger partial charge in [0.25, 0.3) is 0 Å². The second-order valence-corrected chi connectivity index (χ2v) is 10.3. The van der Waals surface area contributed by atoms with E-state index in [2.05, 4.69) is 5.16 Å². The smallest absolute Gasteiger partial charge is 0.354 e. The minimum absolute atomic E-state index is 0.215. The van der Waals surface area contributed by atoms with E-state index in [4.69, 9.17) is 4.52 Å². The number of sulfonamides is 1. The molecular formula is C21H12F8N4O4S. The van der Waals surface area contributed by atoms with Crippen LogP contribution in [0.3, 0.4) is 0 Å². The Morgan fingerprint density at radius 2 is 1.74 bits per heavy atom. The van der Waals surface area contributed by atoms with Gasteiger partial charge in [-0.1, -0.05) is 5.16 Å². The minimum atomic E-state index is -5.04. The van der Waals surface area contributed by atoms with Gasteiger partial charge in [-0.05, 0) is 12.1 Å². The lowest BCUT2D eigenvalue weighted by Gasteiger charge is -2.18. The predicted octanol–water partition coefficient (Wildman–Crippen LogP) is 3.91. The molecule has 3 heterocycles. The number of hydrogen-bond acceptors (Lipinski definition) is 5. The Labute approximate surface area is 206 Å². The monoisotopic (exact) mass is 568 g/mol. The van der Waals surface area contributed by atoms with Crippen molar-refractivity contribution in [3.05, 3.63) is 69.7 Å². The molecule has 0 saturated heterocycles. The van der Waals surface area contributed by atoms with Crippen LogP contribution in [-0.4, -0.2) is 35.0 Å². The van der Waals surface area contributed by atoms with E-state index in [0.717, 1.165) is 0 Å². The Balaban J connectivity index is 1.76. The number of rotatable bonds is 4. The van der Waals surface area contributed by atoms with E-state index in [1.165, 1.54) is 0 Å². The first kappa shape index (κ1) is 25.9. The number of benzene rings is 2. The normalized spacial score (nSPS) is 17.3. The van der Waals surface area contributed by atoms with E-state index in [-0.39, 0.29) is 12.1 Å². The molecule has 2 aromatic carbocycles. The highest BCUT2D eigenvalue weighted by atomic mass is 32.2. The first-order valence-electron chi connectivity index (χ1n) is 10.3. The summed E-state index contributed by atoms with van der Waals surface area (Å²) >= 11 is 0. The summed E-state index contributed by atoms with van der Waals surface area (Å²) in [5.74, 6) is -9.15. The van der Waals surface area contributed by atoms with Gasteiger partial charge >= 0.3 is 17.8 Å². The number of alkyl halides is 5. The Morgan fingerprint density at radius 3 is 2.29 bits per heavy atom. The summed E-state index contributed by atoms with van der Waals surface area (Å²) in [6.07, 6.45) is -3.84. The molecule has 0 unspecified atom stereocenters. The Kier molecular flexibility index (Phi) is 5.54. The summed E-state index contributed by atoms with van der Waals surface area (Å²) in [5.41, 5.74) is -6.29. The van der Waals surface area contributed by atoms with Gasteiger partial charge in [0.15, 0.2) is 11.4 Å². The number of aromatic nitrogens is 3. The maximum Gasteiger partial charge on any atom is 0.416 e. The molecule has 0 amide bonds. The molecule has 17 heteroatoms. The summed E-state index contributed by atoms with van der Waals surface area (Å²) < 4.78 is 144. The zero-order valence-corrected chi connectivity index (χ0v) is 19.4. The van der Waals surface area contributed by atoms with Crippen molar-refractivity contribution in [2.24, 2.45) is 0 Å². The van der Waals surface area contributed by atoms with Gasteiger partial charge in [-0.3, -0.25) is 4.57 Å². The molecule has 2 aromatic heterocycles. The van der Waals surface area contributed by atoms with Crippen molar-refractivity contribution in [3.63, 3.8) is 0 Å².